The summed E-state index contributed by atoms with van der Waals surface area (Å²) in [5.74, 6) is -1.15. The number of thioether (sulfide) groups is 1. The van der Waals surface area contributed by atoms with E-state index in [1.807, 2.05) is 0 Å². The molecule has 0 unspecified atom stereocenters. The molecule has 0 fully saturated rings. The molecule has 0 aliphatic rings. The summed E-state index contributed by atoms with van der Waals surface area (Å²) in [4.78, 5) is 24.5. The maximum atomic E-state index is 13.4. The van der Waals surface area contributed by atoms with Crippen LogP contribution in [-0.4, -0.2) is 40.2 Å². The topological polar surface area (TPSA) is 57.6 Å². The second-order valence-corrected chi connectivity index (χ2v) is 5.67. The van der Waals surface area contributed by atoms with Gasteiger partial charge in [0.2, 0.25) is 5.91 Å². The summed E-state index contributed by atoms with van der Waals surface area (Å²) < 4.78 is 13.4. The molecule has 0 saturated heterocycles. The lowest BCUT2D eigenvalue weighted by Gasteiger charge is -2.24. The Bertz CT molecular complexity index is 479. The van der Waals surface area contributed by atoms with Crippen LogP contribution in [-0.2, 0) is 9.59 Å². The van der Waals surface area contributed by atoms with Crippen molar-refractivity contribution in [3.05, 3.63) is 30.1 Å². The largest absolute Gasteiger partial charge is 0.480 e. The molecule has 0 aliphatic heterocycles. The Balaban J connectivity index is 2.49. The molecule has 4 nitrogen and oxygen atoms in total. The van der Waals surface area contributed by atoms with Crippen LogP contribution in [0.1, 0.15) is 20.3 Å². The van der Waals surface area contributed by atoms with Crippen molar-refractivity contribution in [1.82, 2.24) is 4.90 Å². The van der Waals surface area contributed by atoms with Gasteiger partial charge >= 0.3 is 5.97 Å². The molecule has 0 atom stereocenters. The third-order valence-electron chi connectivity index (χ3n) is 2.66. The van der Waals surface area contributed by atoms with Crippen molar-refractivity contribution in [2.24, 2.45) is 0 Å². The lowest BCUT2D eigenvalue weighted by Crippen LogP contribution is -2.40. The van der Waals surface area contributed by atoms with Gasteiger partial charge in [-0.3, -0.25) is 9.59 Å². The van der Waals surface area contributed by atoms with Gasteiger partial charge in [-0.05, 0) is 26.0 Å². The minimum absolute atomic E-state index is 0.169. The lowest BCUT2D eigenvalue weighted by molar-refractivity contribution is -0.145. The number of benzene rings is 1. The summed E-state index contributed by atoms with van der Waals surface area (Å²) >= 11 is 1.25. The zero-order chi connectivity index (χ0) is 15.1. The van der Waals surface area contributed by atoms with Crippen molar-refractivity contribution >= 4 is 23.6 Å². The molecule has 0 heterocycles. The molecule has 0 spiro atoms. The Morgan fingerprint density at radius 3 is 2.55 bits per heavy atom. The molecule has 1 aromatic rings. The van der Waals surface area contributed by atoms with Gasteiger partial charge in [-0.2, -0.15) is 0 Å². The number of halogens is 1. The first kappa shape index (κ1) is 16.5. The second-order valence-electron chi connectivity index (χ2n) is 4.54. The standard InChI is InChI=1S/C14H18FNO3S/c1-10(2)16(9-14(18)19)13(17)7-8-20-12-6-4-3-5-11(12)15/h3-6,10H,7-9H2,1-2H3,(H,18,19). The predicted octanol–water partition coefficient (Wildman–Crippen LogP) is 2.63. The number of carboxylic acids is 1. The Hall–Kier alpha value is -1.56. The van der Waals surface area contributed by atoms with Crippen molar-refractivity contribution in [2.45, 2.75) is 31.2 Å². The Labute approximate surface area is 122 Å². The minimum atomic E-state index is -1.03. The van der Waals surface area contributed by atoms with Gasteiger partial charge in [-0.15, -0.1) is 11.8 Å². The number of carboxylic acid groups (broad SMARTS) is 1. The summed E-state index contributed by atoms with van der Waals surface area (Å²) in [5, 5.41) is 8.77. The van der Waals surface area contributed by atoms with Gasteiger partial charge in [0.1, 0.15) is 12.4 Å². The molecule has 20 heavy (non-hydrogen) atoms. The van der Waals surface area contributed by atoms with E-state index in [0.717, 1.165) is 0 Å². The molecular weight excluding hydrogens is 281 g/mol. The summed E-state index contributed by atoms with van der Waals surface area (Å²) in [7, 11) is 0. The zero-order valence-corrected chi connectivity index (χ0v) is 12.3. The highest BCUT2D eigenvalue weighted by Crippen LogP contribution is 2.22. The van der Waals surface area contributed by atoms with Crippen molar-refractivity contribution in [3.63, 3.8) is 0 Å². The molecule has 0 radical (unpaired) electrons. The molecule has 1 N–H and O–H groups in total. The zero-order valence-electron chi connectivity index (χ0n) is 11.5. The fourth-order valence-electron chi connectivity index (χ4n) is 1.66. The van der Waals surface area contributed by atoms with Crippen LogP contribution in [0.25, 0.3) is 0 Å². The van der Waals surface area contributed by atoms with Gasteiger partial charge in [0, 0.05) is 23.1 Å². The van der Waals surface area contributed by atoms with Gasteiger partial charge in [-0.25, -0.2) is 4.39 Å². The lowest BCUT2D eigenvalue weighted by atomic mass is 10.3. The highest BCUT2D eigenvalue weighted by atomic mass is 32.2. The summed E-state index contributed by atoms with van der Waals surface area (Å²) in [6, 6.07) is 6.20. The quantitative estimate of drug-likeness (QED) is 0.786. The number of rotatable bonds is 7. The van der Waals surface area contributed by atoms with Crippen molar-refractivity contribution in [2.75, 3.05) is 12.3 Å². The molecule has 0 aliphatic carbocycles. The number of aliphatic carboxylic acids is 1. The van der Waals surface area contributed by atoms with Gasteiger partial charge in [0.05, 0.1) is 0 Å². The van der Waals surface area contributed by atoms with Crippen LogP contribution in [0.5, 0.6) is 0 Å². The van der Waals surface area contributed by atoms with Crippen molar-refractivity contribution in [3.8, 4) is 0 Å². The normalized spacial score (nSPS) is 10.6. The third kappa shape index (κ3) is 5.21. The molecule has 6 heteroatoms. The minimum Gasteiger partial charge on any atom is -0.480 e. The van der Waals surface area contributed by atoms with Crippen LogP contribution < -0.4 is 0 Å². The number of nitrogens with zero attached hydrogens (tertiary/aromatic N) is 1. The fraction of sp³-hybridized carbons (Fsp3) is 0.429. The number of hydrogen-bond acceptors (Lipinski definition) is 3. The maximum Gasteiger partial charge on any atom is 0.323 e. The molecule has 1 aromatic carbocycles. The van der Waals surface area contributed by atoms with E-state index in [-0.39, 0.29) is 30.7 Å². The molecule has 1 amide bonds. The smallest absolute Gasteiger partial charge is 0.323 e. The number of carbonyl (C=O) groups is 2. The highest BCUT2D eigenvalue weighted by Gasteiger charge is 2.19. The predicted molar refractivity (Wildman–Crippen MR) is 76.2 cm³/mol. The van der Waals surface area contributed by atoms with E-state index in [4.69, 9.17) is 5.11 Å². The van der Waals surface area contributed by atoms with Crippen molar-refractivity contribution in [1.29, 1.82) is 0 Å². The number of hydrogen-bond donors (Lipinski definition) is 1. The fourth-order valence-corrected chi connectivity index (χ4v) is 2.54. The highest BCUT2D eigenvalue weighted by molar-refractivity contribution is 7.99. The molecule has 110 valence electrons. The first-order valence-corrected chi connectivity index (χ1v) is 7.29. The van der Waals surface area contributed by atoms with E-state index in [9.17, 15) is 14.0 Å². The van der Waals surface area contributed by atoms with E-state index in [2.05, 4.69) is 0 Å². The van der Waals surface area contributed by atoms with E-state index >= 15 is 0 Å². The van der Waals surface area contributed by atoms with Crippen LogP contribution in [0, 0.1) is 5.82 Å². The first-order chi connectivity index (χ1) is 9.41. The van der Waals surface area contributed by atoms with Crippen LogP contribution in [0.3, 0.4) is 0 Å². The summed E-state index contributed by atoms with van der Waals surface area (Å²) in [6.07, 6.45) is 0.185. The van der Waals surface area contributed by atoms with Gasteiger partial charge in [0.15, 0.2) is 0 Å². The van der Waals surface area contributed by atoms with E-state index < -0.39 is 5.97 Å². The van der Waals surface area contributed by atoms with Gasteiger partial charge in [-0.1, -0.05) is 12.1 Å². The summed E-state index contributed by atoms with van der Waals surface area (Å²) in [5.41, 5.74) is 0. The van der Waals surface area contributed by atoms with Crippen LogP contribution in [0.15, 0.2) is 29.2 Å². The van der Waals surface area contributed by atoms with Gasteiger partial charge < -0.3 is 10.0 Å². The van der Waals surface area contributed by atoms with E-state index in [0.29, 0.717) is 10.6 Å². The van der Waals surface area contributed by atoms with Gasteiger partial charge in [0.25, 0.3) is 0 Å². The van der Waals surface area contributed by atoms with Crippen molar-refractivity contribution < 1.29 is 19.1 Å². The summed E-state index contributed by atoms with van der Waals surface area (Å²) in [6.45, 7) is 3.23. The van der Waals surface area contributed by atoms with E-state index in [1.54, 1.807) is 32.0 Å². The third-order valence-corrected chi connectivity index (χ3v) is 3.71. The molecule has 0 saturated carbocycles. The molecule has 0 aromatic heterocycles. The first-order valence-electron chi connectivity index (χ1n) is 6.30. The molecular formula is C14H18FNO3S. The average Bonchev–Trinajstić information content (AvgIpc) is 2.37. The Kier molecular flexibility index (Phi) is 6.51. The maximum absolute atomic E-state index is 13.4. The van der Waals surface area contributed by atoms with Crippen LogP contribution in [0.4, 0.5) is 4.39 Å². The number of carbonyl (C=O) groups excluding carboxylic acids is 1. The average molecular weight is 299 g/mol. The van der Waals surface area contributed by atoms with E-state index in [1.165, 1.54) is 22.7 Å². The Morgan fingerprint density at radius 1 is 1.35 bits per heavy atom. The van der Waals surface area contributed by atoms with Crippen LogP contribution >= 0.6 is 11.8 Å². The number of amides is 1. The monoisotopic (exact) mass is 299 g/mol. The molecule has 1 rings (SSSR count). The Morgan fingerprint density at radius 2 is 2.00 bits per heavy atom. The SMILES string of the molecule is CC(C)N(CC(=O)O)C(=O)CCSc1ccccc1F. The van der Waals surface area contributed by atoms with Crippen LogP contribution in [0.2, 0.25) is 0 Å². The second kappa shape index (κ2) is 7.89. The molecule has 0 bridgehead atoms.